The van der Waals surface area contributed by atoms with Crippen LogP contribution in [-0.2, 0) is 4.74 Å². The van der Waals surface area contributed by atoms with E-state index >= 15 is 0 Å². The predicted molar refractivity (Wildman–Crippen MR) is 97.2 cm³/mol. The van der Waals surface area contributed by atoms with Crippen molar-refractivity contribution in [2.45, 2.75) is 38.6 Å². The minimum Gasteiger partial charge on any atom is -0.383 e. The van der Waals surface area contributed by atoms with Gasteiger partial charge in [0.15, 0.2) is 0 Å². The molecule has 0 saturated carbocycles. The number of benzene rings is 1. The summed E-state index contributed by atoms with van der Waals surface area (Å²) in [4.78, 5) is 14.5. The summed E-state index contributed by atoms with van der Waals surface area (Å²) >= 11 is 0. The number of likely N-dealkylation sites (tertiary alicyclic amines) is 1. The first-order valence-corrected chi connectivity index (χ1v) is 9.02. The molecule has 1 saturated heterocycles. The van der Waals surface area contributed by atoms with Gasteiger partial charge in [-0.25, -0.2) is 4.79 Å². The maximum Gasteiger partial charge on any atom is 0.314 e. The summed E-state index contributed by atoms with van der Waals surface area (Å²) in [5, 5.41) is 5.85. The van der Waals surface area contributed by atoms with Crippen LogP contribution < -0.4 is 10.6 Å². The number of hydrogen-bond acceptors (Lipinski definition) is 3. The largest absolute Gasteiger partial charge is 0.383 e. The highest BCUT2D eigenvalue weighted by molar-refractivity contribution is 5.73. The van der Waals surface area contributed by atoms with Crippen LogP contribution in [0.25, 0.3) is 0 Å². The maximum atomic E-state index is 12.0. The second kappa shape index (κ2) is 10.3. The van der Waals surface area contributed by atoms with Crippen molar-refractivity contribution in [3.05, 3.63) is 35.4 Å². The van der Waals surface area contributed by atoms with Crippen molar-refractivity contribution in [1.29, 1.82) is 0 Å². The predicted octanol–water partition coefficient (Wildman–Crippen LogP) is 2.86. The third kappa shape index (κ3) is 6.13. The van der Waals surface area contributed by atoms with Gasteiger partial charge < -0.3 is 15.4 Å². The van der Waals surface area contributed by atoms with E-state index in [-0.39, 0.29) is 12.1 Å². The summed E-state index contributed by atoms with van der Waals surface area (Å²) in [5.74, 6) is 0. The number of aryl methyl sites for hydroxylation is 1. The van der Waals surface area contributed by atoms with E-state index in [1.54, 1.807) is 7.11 Å². The molecule has 0 aliphatic carbocycles. The van der Waals surface area contributed by atoms with Crippen LogP contribution in [0.3, 0.4) is 0 Å². The van der Waals surface area contributed by atoms with E-state index in [1.165, 1.54) is 36.8 Å². The molecular weight excluding hydrogens is 302 g/mol. The third-order valence-electron chi connectivity index (χ3n) is 4.59. The number of hydrogen-bond donors (Lipinski definition) is 2. The van der Waals surface area contributed by atoms with Gasteiger partial charge in [0.05, 0.1) is 12.6 Å². The Morgan fingerprint density at radius 1 is 1.12 bits per heavy atom. The van der Waals surface area contributed by atoms with Crippen LogP contribution in [0, 0.1) is 6.92 Å². The first kappa shape index (κ1) is 18.7. The van der Waals surface area contributed by atoms with Crippen molar-refractivity contribution in [2.24, 2.45) is 0 Å². The van der Waals surface area contributed by atoms with Crippen LogP contribution in [0.2, 0.25) is 0 Å². The molecule has 0 aromatic heterocycles. The standard InChI is InChI=1S/C19H31N3O2/c1-16-7-9-17(10-8-16)18(22-12-5-3-4-6-13-22)15-21-19(23)20-11-14-24-2/h7-10,18H,3-6,11-15H2,1-2H3,(H2,20,21,23). The molecule has 1 fully saturated rings. The van der Waals surface area contributed by atoms with Gasteiger partial charge in [0.25, 0.3) is 0 Å². The highest BCUT2D eigenvalue weighted by atomic mass is 16.5. The summed E-state index contributed by atoms with van der Waals surface area (Å²) < 4.78 is 4.96. The van der Waals surface area contributed by atoms with E-state index in [0.29, 0.717) is 19.7 Å². The normalized spacial score (nSPS) is 17.1. The van der Waals surface area contributed by atoms with Crippen LogP contribution in [-0.4, -0.2) is 50.8 Å². The molecule has 0 radical (unpaired) electrons. The highest BCUT2D eigenvalue weighted by Crippen LogP contribution is 2.24. The molecule has 1 heterocycles. The van der Waals surface area contributed by atoms with E-state index in [1.807, 2.05) is 0 Å². The summed E-state index contributed by atoms with van der Waals surface area (Å²) in [6, 6.07) is 8.79. The topological polar surface area (TPSA) is 53.6 Å². The molecule has 1 unspecified atom stereocenters. The number of urea groups is 1. The van der Waals surface area contributed by atoms with Gasteiger partial charge in [0, 0.05) is 20.2 Å². The number of nitrogens with zero attached hydrogens (tertiary/aromatic N) is 1. The molecule has 2 amide bonds. The second-order valence-electron chi connectivity index (χ2n) is 6.51. The van der Waals surface area contributed by atoms with Crippen LogP contribution in [0.15, 0.2) is 24.3 Å². The van der Waals surface area contributed by atoms with E-state index in [4.69, 9.17) is 4.74 Å². The van der Waals surface area contributed by atoms with Crippen molar-refractivity contribution < 1.29 is 9.53 Å². The van der Waals surface area contributed by atoms with Crippen LogP contribution in [0.5, 0.6) is 0 Å². The summed E-state index contributed by atoms with van der Waals surface area (Å²) in [6.45, 7) is 5.99. The summed E-state index contributed by atoms with van der Waals surface area (Å²) in [6.07, 6.45) is 5.09. The molecule has 5 heteroatoms. The fourth-order valence-electron chi connectivity index (χ4n) is 3.17. The molecule has 24 heavy (non-hydrogen) atoms. The summed E-state index contributed by atoms with van der Waals surface area (Å²) in [5.41, 5.74) is 2.54. The zero-order chi connectivity index (χ0) is 17.2. The average molecular weight is 333 g/mol. The van der Waals surface area contributed by atoms with Gasteiger partial charge in [-0.05, 0) is 38.4 Å². The highest BCUT2D eigenvalue weighted by Gasteiger charge is 2.22. The number of amides is 2. The molecule has 0 spiro atoms. The lowest BCUT2D eigenvalue weighted by molar-refractivity contribution is 0.187. The lowest BCUT2D eigenvalue weighted by atomic mass is 10.0. The number of carbonyl (C=O) groups excluding carboxylic acids is 1. The Kier molecular flexibility index (Phi) is 8.05. The second-order valence-corrected chi connectivity index (χ2v) is 6.51. The summed E-state index contributed by atoms with van der Waals surface area (Å²) in [7, 11) is 1.63. The molecule has 5 nitrogen and oxygen atoms in total. The molecule has 134 valence electrons. The van der Waals surface area contributed by atoms with Gasteiger partial charge in [0.1, 0.15) is 0 Å². The Morgan fingerprint density at radius 2 is 1.79 bits per heavy atom. The van der Waals surface area contributed by atoms with Gasteiger partial charge >= 0.3 is 6.03 Å². The van der Waals surface area contributed by atoms with Gasteiger partial charge in [-0.1, -0.05) is 42.7 Å². The SMILES string of the molecule is COCCNC(=O)NCC(c1ccc(C)cc1)N1CCCCCC1. The minimum atomic E-state index is -0.126. The Hall–Kier alpha value is -1.59. The van der Waals surface area contributed by atoms with Crippen LogP contribution in [0.4, 0.5) is 4.79 Å². The van der Waals surface area contributed by atoms with E-state index in [2.05, 4.69) is 46.7 Å². The van der Waals surface area contributed by atoms with Crippen molar-refractivity contribution >= 4 is 6.03 Å². The number of nitrogens with one attached hydrogen (secondary N) is 2. The van der Waals surface area contributed by atoms with Crippen LogP contribution >= 0.6 is 0 Å². The van der Waals surface area contributed by atoms with Crippen molar-refractivity contribution in [1.82, 2.24) is 15.5 Å². The fraction of sp³-hybridized carbons (Fsp3) is 0.632. The number of rotatable bonds is 7. The van der Waals surface area contributed by atoms with Gasteiger partial charge in [-0.15, -0.1) is 0 Å². The maximum absolute atomic E-state index is 12.0. The minimum absolute atomic E-state index is 0.126. The molecule has 1 aliphatic heterocycles. The molecule has 2 N–H and O–H groups in total. The molecule has 0 bridgehead atoms. The lowest BCUT2D eigenvalue weighted by Gasteiger charge is -2.31. The van der Waals surface area contributed by atoms with Crippen molar-refractivity contribution in [3.8, 4) is 0 Å². The first-order valence-electron chi connectivity index (χ1n) is 9.02. The average Bonchev–Trinajstić information content (AvgIpc) is 2.86. The van der Waals surface area contributed by atoms with Crippen molar-refractivity contribution in [3.63, 3.8) is 0 Å². The van der Waals surface area contributed by atoms with E-state index in [0.717, 1.165) is 13.1 Å². The number of carbonyl (C=O) groups is 1. The zero-order valence-corrected chi connectivity index (χ0v) is 15.0. The van der Waals surface area contributed by atoms with Crippen LogP contribution in [0.1, 0.15) is 42.9 Å². The quantitative estimate of drug-likeness (QED) is 0.755. The van der Waals surface area contributed by atoms with Crippen molar-refractivity contribution in [2.75, 3.05) is 39.9 Å². The molecule has 2 rings (SSSR count). The Bertz CT molecular complexity index is 482. The lowest BCUT2D eigenvalue weighted by Crippen LogP contribution is -2.43. The Morgan fingerprint density at radius 3 is 2.42 bits per heavy atom. The Labute approximate surface area is 145 Å². The Balaban J connectivity index is 1.99. The molecule has 1 aliphatic rings. The van der Waals surface area contributed by atoms with Gasteiger partial charge in [0.2, 0.25) is 0 Å². The molecule has 1 aromatic carbocycles. The molecular formula is C19H31N3O2. The molecule has 1 aromatic rings. The third-order valence-corrected chi connectivity index (χ3v) is 4.59. The van der Waals surface area contributed by atoms with Gasteiger partial charge in [-0.2, -0.15) is 0 Å². The molecule has 1 atom stereocenters. The number of methoxy groups -OCH3 is 1. The monoisotopic (exact) mass is 333 g/mol. The zero-order valence-electron chi connectivity index (χ0n) is 15.0. The van der Waals surface area contributed by atoms with Gasteiger partial charge in [-0.3, -0.25) is 4.90 Å². The first-order chi connectivity index (χ1) is 11.7. The van der Waals surface area contributed by atoms with E-state index < -0.39 is 0 Å². The fourth-order valence-corrected chi connectivity index (χ4v) is 3.17. The van der Waals surface area contributed by atoms with E-state index in [9.17, 15) is 4.79 Å². The smallest absolute Gasteiger partial charge is 0.314 e. The number of ether oxygens (including phenoxy) is 1.